The van der Waals surface area contributed by atoms with Crippen molar-refractivity contribution in [3.05, 3.63) is 47.2 Å². The second kappa shape index (κ2) is 5.91. The monoisotopic (exact) mass is 322 g/mol. The lowest BCUT2D eigenvalue weighted by molar-refractivity contribution is 0.0989. The van der Waals surface area contributed by atoms with Gasteiger partial charge in [0.05, 0.1) is 0 Å². The highest BCUT2D eigenvalue weighted by Gasteiger charge is 2.26. The molecular weight excluding hydrogens is 309 g/mol. The maximum absolute atomic E-state index is 14.1. The highest BCUT2D eigenvalue weighted by molar-refractivity contribution is 5.93. The van der Waals surface area contributed by atoms with E-state index in [0.717, 1.165) is 12.1 Å². The van der Waals surface area contributed by atoms with Crippen LogP contribution in [-0.2, 0) is 6.42 Å². The van der Waals surface area contributed by atoms with Gasteiger partial charge in [0.1, 0.15) is 30.1 Å². The molecule has 1 atom stereocenters. The second-order valence-electron chi connectivity index (χ2n) is 5.26. The SMILES string of the molecule is NC(=O)c1cc(-c2ccc(F)cc2F)c2c(n1)O[C@@H](CF)CC2. The number of hydrogen-bond acceptors (Lipinski definition) is 3. The van der Waals surface area contributed by atoms with Crippen molar-refractivity contribution in [3.63, 3.8) is 0 Å². The van der Waals surface area contributed by atoms with E-state index < -0.39 is 30.3 Å². The van der Waals surface area contributed by atoms with Crippen molar-refractivity contribution in [1.29, 1.82) is 0 Å². The molecule has 4 nitrogen and oxygen atoms in total. The molecule has 2 heterocycles. The van der Waals surface area contributed by atoms with Crippen molar-refractivity contribution in [1.82, 2.24) is 4.98 Å². The number of aromatic nitrogens is 1. The Balaban J connectivity index is 2.19. The molecule has 7 heteroatoms. The van der Waals surface area contributed by atoms with Crippen LogP contribution in [0, 0.1) is 11.6 Å². The molecular formula is C16H13F3N2O2. The van der Waals surface area contributed by atoms with Crippen molar-refractivity contribution in [2.24, 2.45) is 5.73 Å². The van der Waals surface area contributed by atoms with E-state index in [9.17, 15) is 18.0 Å². The Hall–Kier alpha value is -2.57. The van der Waals surface area contributed by atoms with Gasteiger partial charge in [0.15, 0.2) is 0 Å². The molecule has 1 aromatic carbocycles. The zero-order valence-electron chi connectivity index (χ0n) is 12.0. The predicted octanol–water partition coefficient (Wildman–Crippen LogP) is 2.79. The van der Waals surface area contributed by atoms with Crippen LogP contribution >= 0.6 is 0 Å². The topological polar surface area (TPSA) is 65.2 Å². The summed E-state index contributed by atoms with van der Waals surface area (Å²) in [5, 5.41) is 0. The van der Waals surface area contributed by atoms with Crippen molar-refractivity contribution in [3.8, 4) is 17.0 Å². The Morgan fingerprint density at radius 3 is 2.74 bits per heavy atom. The minimum atomic E-state index is -0.817. The van der Waals surface area contributed by atoms with E-state index in [1.807, 2.05) is 0 Å². The first kappa shape index (κ1) is 15.3. The van der Waals surface area contributed by atoms with E-state index in [-0.39, 0.29) is 17.1 Å². The smallest absolute Gasteiger partial charge is 0.267 e. The van der Waals surface area contributed by atoms with Gasteiger partial charge in [0.25, 0.3) is 5.91 Å². The van der Waals surface area contributed by atoms with Crippen LogP contribution in [0.4, 0.5) is 13.2 Å². The lowest BCUT2D eigenvalue weighted by atomic mass is 9.94. The number of nitrogens with zero attached hydrogens (tertiary/aromatic N) is 1. The molecule has 0 saturated carbocycles. The molecule has 1 amide bonds. The molecule has 0 radical (unpaired) electrons. The maximum atomic E-state index is 14.1. The van der Waals surface area contributed by atoms with E-state index in [1.165, 1.54) is 12.1 Å². The fourth-order valence-corrected chi connectivity index (χ4v) is 2.59. The van der Waals surface area contributed by atoms with Gasteiger partial charge in [-0.15, -0.1) is 0 Å². The third-order valence-electron chi connectivity index (χ3n) is 3.73. The third-order valence-corrected chi connectivity index (χ3v) is 3.73. The lowest BCUT2D eigenvalue weighted by Crippen LogP contribution is -2.27. The number of alkyl halides is 1. The molecule has 2 aromatic rings. The first-order chi connectivity index (χ1) is 11.0. The normalized spacial score (nSPS) is 16.6. The first-order valence-electron chi connectivity index (χ1n) is 7.01. The third kappa shape index (κ3) is 2.86. The number of halogens is 3. The summed E-state index contributed by atoms with van der Waals surface area (Å²) in [6.45, 7) is -0.692. The summed E-state index contributed by atoms with van der Waals surface area (Å²) >= 11 is 0. The van der Waals surface area contributed by atoms with E-state index in [2.05, 4.69) is 4.98 Å². The minimum Gasteiger partial charge on any atom is -0.471 e. The summed E-state index contributed by atoms with van der Waals surface area (Å²) in [6, 6.07) is 4.48. The molecule has 0 saturated heterocycles. The number of pyridine rings is 1. The Kier molecular flexibility index (Phi) is 3.94. The van der Waals surface area contributed by atoms with Crippen LogP contribution < -0.4 is 10.5 Å². The predicted molar refractivity (Wildman–Crippen MR) is 76.8 cm³/mol. The van der Waals surface area contributed by atoms with Gasteiger partial charge in [0, 0.05) is 17.2 Å². The van der Waals surface area contributed by atoms with E-state index in [0.29, 0.717) is 24.0 Å². The highest BCUT2D eigenvalue weighted by Crippen LogP contribution is 2.36. The van der Waals surface area contributed by atoms with Crippen molar-refractivity contribution in [2.75, 3.05) is 6.67 Å². The minimum absolute atomic E-state index is 0.0638. The number of nitrogens with two attached hydrogens (primary N) is 1. The fourth-order valence-electron chi connectivity index (χ4n) is 2.59. The number of carbonyl (C=O) groups excluding carboxylic acids is 1. The molecule has 0 spiro atoms. The van der Waals surface area contributed by atoms with Crippen LogP contribution in [0.5, 0.6) is 5.88 Å². The van der Waals surface area contributed by atoms with Crippen molar-refractivity contribution >= 4 is 5.91 Å². The van der Waals surface area contributed by atoms with Crippen LogP contribution in [0.1, 0.15) is 22.5 Å². The van der Waals surface area contributed by atoms with Gasteiger partial charge in [-0.25, -0.2) is 18.2 Å². The summed E-state index contributed by atoms with van der Waals surface area (Å²) < 4.78 is 45.4. The summed E-state index contributed by atoms with van der Waals surface area (Å²) in [6.07, 6.45) is 0.142. The molecule has 120 valence electrons. The summed E-state index contributed by atoms with van der Waals surface area (Å²) in [7, 11) is 0. The Labute approximate surface area is 130 Å². The quantitative estimate of drug-likeness (QED) is 0.945. The molecule has 23 heavy (non-hydrogen) atoms. The lowest BCUT2D eigenvalue weighted by Gasteiger charge is -2.25. The molecule has 1 aliphatic rings. The van der Waals surface area contributed by atoms with Crippen LogP contribution in [0.15, 0.2) is 24.3 Å². The molecule has 0 aliphatic carbocycles. The molecule has 3 rings (SSSR count). The second-order valence-corrected chi connectivity index (χ2v) is 5.26. The number of ether oxygens (including phenoxy) is 1. The van der Waals surface area contributed by atoms with E-state index in [1.54, 1.807) is 0 Å². The van der Waals surface area contributed by atoms with Crippen molar-refractivity contribution < 1.29 is 22.7 Å². The van der Waals surface area contributed by atoms with Gasteiger partial charge >= 0.3 is 0 Å². The number of rotatable bonds is 3. The first-order valence-corrected chi connectivity index (χ1v) is 7.01. The highest BCUT2D eigenvalue weighted by atomic mass is 19.1. The average molecular weight is 322 g/mol. The van der Waals surface area contributed by atoms with Crippen LogP contribution in [0.3, 0.4) is 0 Å². The van der Waals surface area contributed by atoms with Gasteiger partial charge in [-0.1, -0.05) is 0 Å². The van der Waals surface area contributed by atoms with Gasteiger partial charge in [-0.2, -0.15) is 0 Å². The number of fused-ring (bicyclic) bond motifs is 1. The van der Waals surface area contributed by atoms with Crippen LogP contribution in [-0.4, -0.2) is 23.7 Å². The van der Waals surface area contributed by atoms with E-state index >= 15 is 0 Å². The zero-order chi connectivity index (χ0) is 16.6. The molecule has 0 fully saturated rings. The van der Waals surface area contributed by atoms with Crippen LogP contribution in [0.25, 0.3) is 11.1 Å². The molecule has 0 bridgehead atoms. The number of hydrogen-bond donors (Lipinski definition) is 1. The zero-order valence-corrected chi connectivity index (χ0v) is 12.0. The van der Waals surface area contributed by atoms with Gasteiger partial charge in [-0.05, 0) is 36.6 Å². The number of carbonyl (C=O) groups is 1. The largest absolute Gasteiger partial charge is 0.471 e. The number of benzene rings is 1. The summed E-state index contributed by atoms with van der Waals surface area (Å²) in [5.74, 6) is -2.24. The summed E-state index contributed by atoms with van der Waals surface area (Å²) in [5.41, 5.74) is 6.11. The fraction of sp³-hybridized carbons (Fsp3) is 0.250. The molecule has 1 aliphatic heterocycles. The number of amides is 1. The van der Waals surface area contributed by atoms with Gasteiger partial charge in [-0.3, -0.25) is 4.79 Å². The summed E-state index contributed by atoms with van der Waals surface area (Å²) in [4.78, 5) is 15.4. The Morgan fingerprint density at radius 1 is 1.30 bits per heavy atom. The molecule has 1 aromatic heterocycles. The standard InChI is InChI=1S/C16H13F3N2O2/c17-7-9-2-4-11-12(10-3-1-8(18)5-13(10)19)6-14(15(20)22)21-16(11)23-9/h1,3,5-6,9H,2,4,7H2,(H2,20,22)/t9-/m1/s1. The van der Waals surface area contributed by atoms with E-state index in [4.69, 9.17) is 10.5 Å². The Bertz CT molecular complexity index is 780. The van der Waals surface area contributed by atoms with Crippen molar-refractivity contribution in [2.45, 2.75) is 18.9 Å². The number of primary amides is 1. The van der Waals surface area contributed by atoms with Gasteiger partial charge in [0.2, 0.25) is 5.88 Å². The average Bonchev–Trinajstić information content (AvgIpc) is 2.53. The van der Waals surface area contributed by atoms with Gasteiger partial charge < -0.3 is 10.5 Å². The molecule has 0 unspecified atom stereocenters. The maximum Gasteiger partial charge on any atom is 0.267 e. The van der Waals surface area contributed by atoms with Crippen LogP contribution in [0.2, 0.25) is 0 Å². The Morgan fingerprint density at radius 2 is 2.09 bits per heavy atom. The molecule has 2 N–H and O–H groups in total.